The molecule has 0 bridgehead atoms. The fourth-order valence-electron chi connectivity index (χ4n) is 1.90. The van der Waals surface area contributed by atoms with Gasteiger partial charge in [-0.3, -0.25) is 4.79 Å². The minimum absolute atomic E-state index is 0.0853. The smallest absolute Gasteiger partial charge is 0.258 e. The average Bonchev–Trinajstić information content (AvgIpc) is 2.76. The summed E-state index contributed by atoms with van der Waals surface area (Å²) in [4.78, 5) is 18.2. The Morgan fingerprint density at radius 1 is 1.53 bits per heavy atom. The number of likely N-dealkylation sites (N-methyl/N-ethyl adjacent to an activating group) is 1. The summed E-state index contributed by atoms with van der Waals surface area (Å²) in [5.74, 6) is -0.177. The molecule has 0 radical (unpaired) electrons. The second-order valence-electron chi connectivity index (χ2n) is 4.71. The molecule has 1 atom stereocenters. The van der Waals surface area contributed by atoms with Crippen molar-refractivity contribution in [2.24, 2.45) is 0 Å². The second kappa shape index (κ2) is 4.97. The molecule has 6 nitrogen and oxygen atoms in total. The highest BCUT2D eigenvalue weighted by molar-refractivity contribution is 6.06. The number of rotatable bonds is 3. The highest BCUT2D eigenvalue weighted by Crippen LogP contribution is 2.23. The van der Waals surface area contributed by atoms with Crippen LogP contribution < -0.4 is 0 Å². The first kappa shape index (κ1) is 13.5. The van der Waals surface area contributed by atoms with Crippen molar-refractivity contribution in [3.05, 3.63) is 23.0 Å². The highest BCUT2D eigenvalue weighted by atomic mass is 16.5. The minimum Gasteiger partial charge on any atom is -0.394 e. The number of carbonyl (C=O) groups excluding carboxylic acids is 1. The Hall–Kier alpha value is -1.95. The molecule has 2 heterocycles. The molecule has 19 heavy (non-hydrogen) atoms. The maximum absolute atomic E-state index is 12.5. The van der Waals surface area contributed by atoms with Crippen LogP contribution in [0.4, 0.5) is 0 Å². The first-order chi connectivity index (χ1) is 8.95. The van der Waals surface area contributed by atoms with Crippen molar-refractivity contribution in [1.29, 1.82) is 0 Å². The number of aliphatic hydroxyl groups excluding tert-OH is 1. The van der Waals surface area contributed by atoms with Crippen LogP contribution in [0.1, 0.15) is 28.7 Å². The van der Waals surface area contributed by atoms with Crippen molar-refractivity contribution in [1.82, 2.24) is 15.0 Å². The molecule has 0 aromatic carbocycles. The van der Waals surface area contributed by atoms with E-state index in [1.54, 1.807) is 33.9 Å². The lowest BCUT2D eigenvalue weighted by atomic mass is 10.1. The topological polar surface area (TPSA) is 79.5 Å². The summed E-state index contributed by atoms with van der Waals surface area (Å²) in [6.45, 7) is 5.26. The zero-order chi connectivity index (χ0) is 14.2. The zero-order valence-electron chi connectivity index (χ0n) is 11.5. The number of fused-ring (bicyclic) bond motifs is 1. The predicted octanol–water partition coefficient (Wildman–Crippen LogP) is 1.29. The number of aliphatic hydroxyl groups is 1. The predicted molar refractivity (Wildman–Crippen MR) is 69.9 cm³/mol. The van der Waals surface area contributed by atoms with Crippen LogP contribution in [0, 0.1) is 13.8 Å². The SMILES string of the molecule is Cc1cc(C(=O)N(C)C(C)CO)c2c(C)noc2n1. The maximum atomic E-state index is 12.5. The molecule has 0 aliphatic carbocycles. The van der Waals surface area contributed by atoms with Crippen molar-refractivity contribution < 1.29 is 14.4 Å². The van der Waals surface area contributed by atoms with Crippen molar-refractivity contribution >= 4 is 17.0 Å². The lowest BCUT2D eigenvalue weighted by Gasteiger charge is -2.23. The van der Waals surface area contributed by atoms with Gasteiger partial charge in [-0.05, 0) is 26.8 Å². The Balaban J connectivity index is 2.55. The van der Waals surface area contributed by atoms with Gasteiger partial charge in [-0.25, -0.2) is 4.98 Å². The van der Waals surface area contributed by atoms with E-state index >= 15 is 0 Å². The molecule has 1 amide bonds. The monoisotopic (exact) mass is 263 g/mol. The van der Waals surface area contributed by atoms with E-state index in [0.717, 1.165) is 0 Å². The average molecular weight is 263 g/mol. The van der Waals surface area contributed by atoms with E-state index < -0.39 is 0 Å². The van der Waals surface area contributed by atoms with E-state index in [9.17, 15) is 4.79 Å². The van der Waals surface area contributed by atoms with Crippen LogP contribution in [-0.4, -0.2) is 45.8 Å². The first-order valence-electron chi connectivity index (χ1n) is 6.07. The van der Waals surface area contributed by atoms with Gasteiger partial charge in [0.2, 0.25) is 0 Å². The van der Waals surface area contributed by atoms with Gasteiger partial charge in [-0.1, -0.05) is 5.16 Å². The van der Waals surface area contributed by atoms with Gasteiger partial charge in [0.25, 0.3) is 11.6 Å². The Morgan fingerprint density at radius 3 is 2.84 bits per heavy atom. The van der Waals surface area contributed by atoms with E-state index in [2.05, 4.69) is 10.1 Å². The first-order valence-corrected chi connectivity index (χ1v) is 6.07. The third kappa shape index (κ3) is 2.31. The Labute approximate surface area is 111 Å². The van der Waals surface area contributed by atoms with Crippen molar-refractivity contribution in [3.8, 4) is 0 Å². The normalized spacial score (nSPS) is 12.7. The molecule has 0 aliphatic heterocycles. The number of nitrogens with zero attached hydrogens (tertiary/aromatic N) is 3. The van der Waals surface area contributed by atoms with Crippen LogP contribution >= 0.6 is 0 Å². The summed E-state index contributed by atoms with van der Waals surface area (Å²) < 4.78 is 5.11. The molecular weight excluding hydrogens is 246 g/mol. The Morgan fingerprint density at radius 2 is 2.21 bits per heavy atom. The lowest BCUT2D eigenvalue weighted by molar-refractivity contribution is 0.0684. The van der Waals surface area contributed by atoms with Gasteiger partial charge >= 0.3 is 0 Å². The van der Waals surface area contributed by atoms with Gasteiger partial charge in [0.1, 0.15) is 0 Å². The van der Waals surface area contributed by atoms with Crippen molar-refractivity contribution in [2.75, 3.05) is 13.7 Å². The van der Waals surface area contributed by atoms with Gasteiger partial charge in [-0.2, -0.15) is 0 Å². The largest absolute Gasteiger partial charge is 0.394 e. The number of pyridine rings is 1. The Kier molecular flexibility index (Phi) is 3.53. The summed E-state index contributed by atoms with van der Waals surface area (Å²) >= 11 is 0. The molecular formula is C13H17N3O3. The maximum Gasteiger partial charge on any atom is 0.258 e. The minimum atomic E-state index is -0.254. The van der Waals surface area contributed by atoms with Crippen LogP contribution in [-0.2, 0) is 0 Å². The van der Waals surface area contributed by atoms with Gasteiger partial charge < -0.3 is 14.5 Å². The van der Waals surface area contributed by atoms with Crippen LogP contribution in [0.15, 0.2) is 10.6 Å². The van der Waals surface area contributed by atoms with E-state index in [4.69, 9.17) is 9.63 Å². The van der Waals surface area contributed by atoms with Gasteiger partial charge in [0.05, 0.1) is 29.3 Å². The molecule has 2 rings (SSSR count). The lowest BCUT2D eigenvalue weighted by Crippen LogP contribution is -2.37. The molecule has 1 unspecified atom stereocenters. The fraction of sp³-hybridized carbons (Fsp3) is 0.462. The molecule has 0 fully saturated rings. The van der Waals surface area contributed by atoms with Crippen LogP contribution in [0.2, 0.25) is 0 Å². The third-order valence-electron chi connectivity index (χ3n) is 3.22. The molecule has 2 aromatic rings. The van der Waals surface area contributed by atoms with Crippen molar-refractivity contribution in [3.63, 3.8) is 0 Å². The third-order valence-corrected chi connectivity index (χ3v) is 3.22. The number of carbonyl (C=O) groups is 1. The molecule has 0 spiro atoms. The molecule has 0 aliphatic rings. The van der Waals surface area contributed by atoms with E-state index in [-0.39, 0.29) is 18.6 Å². The molecule has 6 heteroatoms. The number of amides is 1. The van der Waals surface area contributed by atoms with E-state index in [1.807, 2.05) is 0 Å². The Bertz CT molecular complexity index is 621. The summed E-state index contributed by atoms with van der Waals surface area (Å²) in [6, 6.07) is 1.46. The summed E-state index contributed by atoms with van der Waals surface area (Å²) in [6.07, 6.45) is 0. The standard InChI is InChI=1S/C13H17N3O3/c1-7-5-10(13(18)16(4)8(2)6-17)11-9(3)15-19-12(11)14-7/h5,8,17H,6H2,1-4H3. The summed E-state index contributed by atoms with van der Waals surface area (Å²) in [5, 5.41) is 13.6. The number of hydrogen-bond acceptors (Lipinski definition) is 5. The quantitative estimate of drug-likeness (QED) is 0.902. The summed E-state index contributed by atoms with van der Waals surface area (Å²) in [7, 11) is 1.66. The number of hydrogen-bond donors (Lipinski definition) is 1. The second-order valence-corrected chi connectivity index (χ2v) is 4.71. The number of aromatic nitrogens is 2. The van der Waals surface area contributed by atoms with Gasteiger partial charge in [0, 0.05) is 12.7 Å². The molecule has 0 saturated carbocycles. The van der Waals surface area contributed by atoms with E-state index in [1.165, 1.54) is 4.90 Å². The molecule has 1 N–H and O–H groups in total. The zero-order valence-corrected chi connectivity index (χ0v) is 11.5. The van der Waals surface area contributed by atoms with E-state index in [0.29, 0.717) is 28.1 Å². The van der Waals surface area contributed by atoms with Crippen LogP contribution in [0.5, 0.6) is 0 Å². The van der Waals surface area contributed by atoms with Gasteiger partial charge in [0.15, 0.2) is 0 Å². The molecule has 2 aromatic heterocycles. The van der Waals surface area contributed by atoms with Gasteiger partial charge in [-0.15, -0.1) is 0 Å². The molecule has 102 valence electrons. The number of aryl methyl sites for hydroxylation is 2. The van der Waals surface area contributed by atoms with Crippen molar-refractivity contribution in [2.45, 2.75) is 26.8 Å². The van der Waals surface area contributed by atoms with Crippen LogP contribution in [0.25, 0.3) is 11.1 Å². The molecule has 0 saturated heterocycles. The highest BCUT2D eigenvalue weighted by Gasteiger charge is 2.22. The summed E-state index contributed by atoms with van der Waals surface area (Å²) in [5.41, 5.74) is 2.20. The van der Waals surface area contributed by atoms with Crippen LogP contribution in [0.3, 0.4) is 0 Å². The fourth-order valence-corrected chi connectivity index (χ4v) is 1.90.